The lowest BCUT2D eigenvalue weighted by molar-refractivity contribution is -0.146. The van der Waals surface area contributed by atoms with Crippen molar-refractivity contribution >= 4 is 23.4 Å². The Balaban J connectivity index is 2.13. The van der Waals surface area contributed by atoms with Crippen molar-refractivity contribution in [2.75, 3.05) is 12.4 Å². The van der Waals surface area contributed by atoms with Gasteiger partial charge in [-0.3, -0.25) is 9.59 Å². The zero-order valence-corrected chi connectivity index (χ0v) is 13.5. The van der Waals surface area contributed by atoms with Crippen LogP contribution in [0.3, 0.4) is 0 Å². The minimum absolute atomic E-state index is 0.274. The molecule has 2 aromatic rings. The quantitative estimate of drug-likeness (QED) is 0.653. The summed E-state index contributed by atoms with van der Waals surface area (Å²) in [6.45, 7) is 1.03. The lowest BCUT2D eigenvalue weighted by Crippen LogP contribution is -2.42. The highest BCUT2D eigenvalue weighted by molar-refractivity contribution is 6.35. The Kier molecular flexibility index (Phi) is 6.63. The predicted octanol–water partition coefficient (Wildman–Crippen LogP) is 2.57. The van der Waals surface area contributed by atoms with Crippen molar-refractivity contribution in [2.45, 2.75) is 13.1 Å². The van der Waals surface area contributed by atoms with Gasteiger partial charge in [-0.1, -0.05) is 60.7 Å². The molecule has 0 saturated heterocycles. The molecule has 0 radical (unpaired) electrons. The first kappa shape index (κ1) is 17.0. The van der Waals surface area contributed by atoms with Gasteiger partial charge >= 0.3 is 11.8 Å². The average Bonchev–Trinajstić information content (AvgIpc) is 2.60. The van der Waals surface area contributed by atoms with Gasteiger partial charge in [0.25, 0.3) is 0 Å². The highest BCUT2D eigenvalue weighted by Gasteiger charge is 2.21. The maximum atomic E-state index is 12.4. The van der Waals surface area contributed by atoms with E-state index in [0.717, 1.165) is 11.1 Å². The van der Waals surface area contributed by atoms with Gasteiger partial charge in [0.15, 0.2) is 0 Å². The van der Waals surface area contributed by atoms with Crippen LogP contribution >= 0.6 is 11.6 Å². The summed E-state index contributed by atoms with van der Waals surface area (Å²) in [5, 5.41) is 2.52. The summed E-state index contributed by atoms with van der Waals surface area (Å²) < 4.78 is 0. The smallest absolute Gasteiger partial charge is 0.312 e. The summed E-state index contributed by atoms with van der Waals surface area (Å²) in [7, 11) is 0. The van der Waals surface area contributed by atoms with E-state index in [9.17, 15) is 9.59 Å². The average molecular weight is 331 g/mol. The summed E-state index contributed by atoms with van der Waals surface area (Å²) in [6, 6.07) is 19.2. The van der Waals surface area contributed by atoms with E-state index in [4.69, 9.17) is 11.6 Å². The molecule has 23 heavy (non-hydrogen) atoms. The molecule has 0 heterocycles. The highest BCUT2D eigenvalue weighted by atomic mass is 35.5. The molecule has 0 aliphatic carbocycles. The van der Waals surface area contributed by atoms with Crippen molar-refractivity contribution in [3.63, 3.8) is 0 Å². The molecule has 0 saturated carbocycles. The van der Waals surface area contributed by atoms with Gasteiger partial charge in [-0.05, 0) is 11.1 Å². The molecular weight excluding hydrogens is 312 g/mol. The van der Waals surface area contributed by atoms with Gasteiger partial charge in [-0.25, -0.2) is 0 Å². The van der Waals surface area contributed by atoms with Crippen LogP contribution in [-0.4, -0.2) is 29.1 Å². The van der Waals surface area contributed by atoms with Crippen molar-refractivity contribution < 1.29 is 9.59 Å². The summed E-state index contributed by atoms with van der Waals surface area (Å²) in [5.41, 5.74) is 1.95. The van der Waals surface area contributed by atoms with Crippen molar-refractivity contribution in [3.05, 3.63) is 71.8 Å². The molecular formula is C18H19ClN2O2. The Morgan fingerprint density at radius 2 is 1.35 bits per heavy atom. The fourth-order valence-electron chi connectivity index (χ4n) is 2.19. The van der Waals surface area contributed by atoms with E-state index in [1.807, 2.05) is 60.7 Å². The third kappa shape index (κ3) is 5.42. The summed E-state index contributed by atoms with van der Waals surface area (Å²) in [5.74, 6) is -0.906. The van der Waals surface area contributed by atoms with E-state index in [-0.39, 0.29) is 12.4 Å². The highest BCUT2D eigenvalue weighted by Crippen LogP contribution is 2.10. The number of hydrogen-bond acceptors (Lipinski definition) is 2. The SMILES string of the molecule is O=C(NCCCl)C(=O)N(Cc1ccccc1)Cc1ccccc1. The minimum Gasteiger partial charge on any atom is -0.347 e. The molecule has 0 aromatic heterocycles. The van der Waals surface area contributed by atoms with Crippen LogP contribution in [0.2, 0.25) is 0 Å². The van der Waals surface area contributed by atoms with Crippen molar-refractivity contribution in [1.29, 1.82) is 0 Å². The van der Waals surface area contributed by atoms with E-state index in [1.54, 1.807) is 0 Å². The Bertz CT molecular complexity index is 590. The topological polar surface area (TPSA) is 49.4 Å². The van der Waals surface area contributed by atoms with Crippen LogP contribution in [0.5, 0.6) is 0 Å². The van der Waals surface area contributed by atoms with Gasteiger partial charge in [-0.2, -0.15) is 0 Å². The third-order valence-electron chi connectivity index (χ3n) is 3.29. The number of nitrogens with one attached hydrogen (secondary N) is 1. The molecule has 0 unspecified atom stereocenters. The van der Waals surface area contributed by atoms with Gasteiger partial charge in [-0.15, -0.1) is 11.6 Å². The molecule has 0 bridgehead atoms. The third-order valence-corrected chi connectivity index (χ3v) is 3.48. The minimum atomic E-state index is -0.627. The van der Waals surface area contributed by atoms with Crippen molar-refractivity contribution in [3.8, 4) is 0 Å². The number of hydrogen-bond donors (Lipinski definition) is 1. The molecule has 4 nitrogen and oxygen atoms in total. The van der Waals surface area contributed by atoms with Crippen LogP contribution in [0.25, 0.3) is 0 Å². The lowest BCUT2D eigenvalue weighted by Gasteiger charge is -2.22. The zero-order chi connectivity index (χ0) is 16.5. The molecule has 0 aliphatic rings. The molecule has 1 N–H and O–H groups in total. The van der Waals surface area contributed by atoms with Crippen LogP contribution in [0.1, 0.15) is 11.1 Å². The Labute approximate surface area is 141 Å². The zero-order valence-electron chi connectivity index (χ0n) is 12.7. The predicted molar refractivity (Wildman–Crippen MR) is 90.9 cm³/mol. The normalized spacial score (nSPS) is 10.1. The number of carbonyl (C=O) groups is 2. The molecule has 0 aliphatic heterocycles. The largest absolute Gasteiger partial charge is 0.347 e. The maximum absolute atomic E-state index is 12.4. The molecule has 0 fully saturated rings. The molecule has 0 atom stereocenters. The second-order valence-electron chi connectivity index (χ2n) is 5.08. The lowest BCUT2D eigenvalue weighted by atomic mass is 10.1. The second-order valence-corrected chi connectivity index (χ2v) is 5.46. The van der Waals surface area contributed by atoms with Crippen molar-refractivity contribution in [2.24, 2.45) is 0 Å². The maximum Gasteiger partial charge on any atom is 0.312 e. The van der Waals surface area contributed by atoms with Gasteiger partial charge < -0.3 is 10.2 Å². The van der Waals surface area contributed by atoms with Crippen LogP contribution in [0.15, 0.2) is 60.7 Å². The van der Waals surface area contributed by atoms with E-state index < -0.39 is 11.8 Å². The Morgan fingerprint density at radius 3 is 1.78 bits per heavy atom. The Hall–Kier alpha value is -2.33. The molecule has 2 amide bonds. The first-order valence-corrected chi connectivity index (χ1v) is 7.95. The molecule has 5 heteroatoms. The fraction of sp³-hybridized carbons (Fsp3) is 0.222. The summed E-state index contributed by atoms with van der Waals surface area (Å²) >= 11 is 5.55. The van der Waals surface area contributed by atoms with E-state index in [2.05, 4.69) is 5.32 Å². The number of halogens is 1. The summed E-state index contributed by atoms with van der Waals surface area (Å²) in [6.07, 6.45) is 0. The fourth-order valence-corrected chi connectivity index (χ4v) is 2.28. The Morgan fingerprint density at radius 1 is 0.870 bits per heavy atom. The van der Waals surface area contributed by atoms with Crippen molar-refractivity contribution in [1.82, 2.24) is 10.2 Å². The first-order chi connectivity index (χ1) is 11.2. The van der Waals surface area contributed by atoms with Gasteiger partial charge in [0.05, 0.1) is 0 Å². The van der Waals surface area contributed by atoms with Crippen LogP contribution in [0, 0.1) is 0 Å². The van der Waals surface area contributed by atoms with Crippen LogP contribution in [-0.2, 0) is 22.7 Å². The van der Waals surface area contributed by atoms with Gasteiger partial charge in [0.2, 0.25) is 0 Å². The monoisotopic (exact) mass is 330 g/mol. The molecule has 2 rings (SSSR count). The van der Waals surface area contributed by atoms with Crippen LogP contribution < -0.4 is 5.32 Å². The molecule has 2 aromatic carbocycles. The number of carbonyl (C=O) groups excluding carboxylic acids is 2. The number of benzene rings is 2. The second kappa shape index (κ2) is 8.96. The number of rotatable bonds is 6. The molecule has 0 spiro atoms. The number of nitrogens with zero attached hydrogens (tertiary/aromatic N) is 1. The van der Waals surface area contributed by atoms with Crippen LogP contribution in [0.4, 0.5) is 0 Å². The van der Waals surface area contributed by atoms with E-state index in [1.165, 1.54) is 4.90 Å². The number of alkyl halides is 1. The summed E-state index contributed by atoms with van der Waals surface area (Å²) in [4.78, 5) is 25.9. The molecule has 120 valence electrons. The van der Waals surface area contributed by atoms with E-state index >= 15 is 0 Å². The van der Waals surface area contributed by atoms with E-state index in [0.29, 0.717) is 13.1 Å². The van der Waals surface area contributed by atoms with Gasteiger partial charge in [0.1, 0.15) is 0 Å². The first-order valence-electron chi connectivity index (χ1n) is 7.41. The standard InChI is InChI=1S/C18H19ClN2O2/c19-11-12-20-17(22)18(23)21(13-15-7-3-1-4-8-15)14-16-9-5-2-6-10-16/h1-10H,11-14H2,(H,20,22). The number of amides is 2. The van der Waals surface area contributed by atoms with Gasteiger partial charge in [0, 0.05) is 25.5 Å².